The van der Waals surface area contributed by atoms with Gasteiger partial charge in [0.05, 0.1) is 11.8 Å². The van der Waals surface area contributed by atoms with Crippen molar-refractivity contribution in [2.45, 2.75) is 72.8 Å². The van der Waals surface area contributed by atoms with E-state index in [-0.39, 0.29) is 0 Å². The number of aromatic amines is 1. The highest BCUT2D eigenvalue weighted by Crippen LogP contribution is 2.32. The van der Waals surface area contributed by atoms with E-state index < -0.39 is 0 Å². The maximum Gasteiger partial charge on any atom is 0.179 e. The normalized spacial score (nSPS) is 14.2. The summed E-state index contributed by atoms with van der Waals surface area (Å²) in [5.41, 5.74) is 4.55. The summed E-state index contributed by atoms with van der Waals surface area (Å²) in [5, 5.41) is 1.18. The number of hydrogen-bond donors (Lipinski definition) is 1. The summed E-state index contributed by atoms with van der Waals surface area (Å²) in [5.74, 6) is 1.49. The Morgan fingerprint density at radius 2 is 1.74 bits per heavy atom. The van der Waals surface area contributed by atoms with Crippen LogP contribution < -0.4 is 0 Å². The van der Waals surface area contributed by atoms with Gasteiger partial charge in [-0.25, -0.2) is 9.97 Å². The number of nitrogens with one attached hydrogen (secondary N) is 1. The monoisotopic (exact) mass is 418 g/mol. The van der Waals surface area contributed by atoms with Crippen LogP contribution in [0.4, 0.5) is 0 Å². The molecule has 3 heterocycles. The third-order valence-electron chi connectivity index (χ3n) is 6.43. The van der Waals surface area contributed by atoms with E-state index in [4.69, 9.17) is 0 Å². The van der Waals surface area contributed by atoms with Gasteiger partial charge in [-0.2, -0.15) is 0 Å². The van der Waals surface area contributed by atoms with Gasteiger partial charge in [-0.05, 0) is 42.7 Å². The zero-order valence-electron chi connectivity index (χ0n) is 19.8. The van der Waals surface area contributed by atoms with Gasteiger partial charge in [-0.15, -0.1) is 0 Å². The first-order chi connectivity index (χ1) is 15.1. The van der Waals surface area contributed by atoms with Gasteiger partial charge in [0.2, 0.25) is 0 Å². The Balaban J connectivity index is 0.000000210. The van der Waals surface area contributed by atoms with Crippen LogP contribution in [-0.4, -0.2) is 19.5 Å². The molecule has 4 heteroatoms. The Labute approximate surface area is 187 Å². The molecule has 0 spiro atoms. The molecule has 0 aliphatic heterocycles. The van der Waals surface area contributed by atoms with Crippen LogP contribution in [0.2, 0.25) is 0 Å². The number of H-pyrrole nitrogens is 1. The minimum absolute atomic E-state index is 0.529. The molecule has 31 heavy (non-hydrogen) atoms. The maximum absolute atomic E-state index is 4.39. The molecule has 3 aromatic heterocycles. The number of rotatable bonds is 8. The van der Waals surface area contributed by atoms with Gasteiger partial charge in [0.15, 0.2) is 5.65 Å². The van der Waals surface area contributed by atoms with Crippen LogP contribution in [0.1, 0.15) is 71.9 Å². The molecule has 4 nitrogen and oxygen atoms in total. The number of benzene rings is 1. The van der Waals surface area contributed by atoms with Crippen LogP contribution in [-0.2, 0) is 6.42 Å². The Bertz CT molecular complexity index is 1050. The summed E-state index contributed by atoms with van der Waals surface area (Å²) in [6.07, 6.45) is 12.0. The van der Waals surface area contributed by atoms with Gasteiger partial charge in [0.1, 0.15) is 5.52 Å². The first-order valence-electron chi connectivity index (χ1n) is 11.9. The fourth-order valence-electron chi connectivity index (χ4n) is 4.49. The smallest absolute Gasteiger partial charge is 0.179 e. The van der Waals surface area contributed by atoms with Gasteiger partial charge in [0.25, 0.3) is 0 Å². The number of nitrogens with zero attached hydrogens (tertiary/aromatic N) is 3. The molecule has 0 radical (unpaired) electrons. The summed E-state index contributed by atoms with van der Waals surface area (Å²) >= 11 is 0. The van der Waals surface area contributed by atoms with Gasteiger partial charge in [-0.3, -0.25) is 0 Å². The largest absolute Gasteiger partial charge is 0.342 e. The molecule has 1 aromatic carbocycles. The van der Waals surface area contributed by atoms with Crippen molar-refractivity contribution in [3.05, 3.63) is 60.7 Å². The van der Waals surface area contributed by atoms with Gasteiger partial charge in [-0.1, -0.05) is 77.8 Å². The summed E-state index contributed by atoms with van der Waals surface area (Å²) in [6.45, 7) is 11.4. The van der Waals surface area contributed by atoms with Gasteiger partial charge >= 0.3 is 0 Å². The lowest BCUT2D eigenvalue weighted by Crippen LogP contribution is -2.16. The van der Waals surface area contributed by atoms with Crippen molar-refractivity contribution in [2.75, 3.05) is 0 Å². The number of aromatic nitrogens is 4. The Hall–Kier alpha value is -2.62. The molecule has 166 valence electrons. The van der Waals surface area contributed by atoms with E-state index in [9.17, 15) is 0 Å². The van der Waals surface area contributed by atoms with Crippen LogP contribution in [0.3, 0.4) is 0 Å². The van der Waals surface area contributed by atoms with E-state index in [1.807, 2.05) is 6.20 Å². The lowest BCUT2D eigenvalue weighted by Gasteiger charge is -2.25. The van der Waals surface area contributed by atoms with Crippen LogP contribution >= 0.6 is 0 Å². The second-order valence-electron chi connectivity index (χ2n) is 8.83. The molecule has 0 bridgehead atoms. The molecule has 0 amide bonds. The minimum atomic E-state index is 0.529. The van der Waals surface area contributed by atoms with Crippen molar-refractivity contribution in [3.8, 4) is 0 Å². The van der Waals surface area contributed by atoms with E-state index >= 15 is 0 Å². The molecule has 1 N–H and O–H groups in total. The number of imidazole rings is 1. The fraction of sp³-hybridized carbons (Fsp3) is 0.481. The van der Waals surface area contributed by atoms with E-state index in [0.29, 0.717) is 12.0 Å². The first kappa shape index (κ1) is 23.1. The Morgan fingerprint density at radius 1 is 0.968 bits per heavy atom. The Kier molecular flexibility index (Phi) is 8.27. The predicted octanol–water partition coefficient (Wildman–Crippen LogP) is 7.58. The molecule has 3 atom stereocenters. The van der Waals surface area contributed by atoms with Crippen LogP contribution in [0.15, 0.2) is 55.1 Å². The fourth-order valence-corrected chi connectivity index (χ4v) is 4.49. The van der Waals surface area contributed by atoms with Crippen LogP contribution in [0.25, 0.3) is 22.1 Å². The second kappa shape index (κ2) is 11.1. The molecular formula is C27H38N4. The molecule has 0 saturated heterocycles. The summed E-state index contributed by atoms with van der Waals surface area (Å²) in [4.78, 5) is 11.9. The van der Waals surface area contributed by atoms with Gasteiger partial charge < -0.3 is 9.55 Å². The summed E-state index contributed by atoms with van der Waals surface area (Å²) in [6, 6.07) is 13.4. The second-order valence-corrected chi connectivity index (χ2v) is 8.83. The molecule has 4 rings (SSSR count). The zero-order chi connectivity index (χ0) is 22.2. The quantitative estimate of drug-likeness (QED) is 0.320. The first-order valence-corrected chi connectivity index (χ1v) is 11.9. The maximum atomic E-state index is 4.39. The Morgan fingerprint density at radius 3 is 2.42 bits per heavy atom. The van der Waals surface area contributed by atoms with Crippen molar-refractivity contribution in [1.29, 1.82) is 0 Å². The molecule has 0 fully saturated rings. The van der Waals surface area contributed by atoms with Crippen molar-refractivity contribution in [3.63, 3.8) is 0 Å². The molecule has 0 aliphatic carbocycles. The lowest BCUT2D eigenvalue weighted by molar-refractivity contribution is 0.330. The third kappa shape index (κ3) is 5.55. The summed E-state index contributed by atoms with van der Waals surface area (Å²) < 4.78 is 2.41. The highest BCUT2D eigenvalue weighted by atomic mass is 15.0. The SMILES string of the molecule is CCC(C)Cc1ccccc1.CCCC(C)C(CC)n1ccc2cnc3nc[nH]c3c21. The van der Waals surface area contributed by atoms with Crippen LogP contribution in [0, 0.1) is 11.8 Å². The number of fused-ring (bicyclic) bond motifs is 3. The highest BCUT2D eigenvalue weighted by Gasteiger charge is 2.20. The van der Waals surface area contributed by atoms with E-state index in [1.54, 1.807) is 6.33 Å². The number of pyridine rings is 1. The van der Waals surface area contributed by atoms with Crippen molar-refractivity contribution in [1.82, 2.24) is 19.5 Å². The van der Waals surface area contributed by atoms with Crippen LogP contribution in [0.5, 0.6) is 0 Å². The van der Waals surface area contributed by atoms with Crippen molar-refractivity contribution >= 4 is 22.1 Å². The zero-order valence-corrected chi connectivity index (χ0v) is 19.8. The highest BCUT2D eigenvalue weighted by molar-refractivity contribution is 6.00. The van der Waals surface area contributed by atoms with Crippen molar-refractivity contribution < 1.29 is 0 Å². The standard InChI is InChI=1S/C16H22N4.C11H16/c1-4-6-11(3)13(5-2)20-8-7-12-9-17-16-14(15(12)20)18-10-19-16;1-3-10(2)9-11-7-5-4-6-8-11/h7-11,13H,4-6H2,1-3H3,(H,17,18,19);4-8,10H,3,9H2,1-2H3. The molecule has 4 aromatic rings. The summed E-state index contributed by atoms with van der Waals surface area (Å²) in [7, 11) is 0. The van der Waals surface area contributed by atoms with E-state index in [0.717, 1.165) is 23.5 Å². The molecular weight excluding hydrogens is 380 g/mol. The van der Waals surface area contributed by atoms with Crippen molar-refractivity contribution in [2.24, 2.45) is 11.8 Å². The van der Waals surface area contributed by atoms with E-state index in [2.05, 4.69) is 96.7 Å². The van der Waals surface area contributed by atoms with E-state index in [1.165, 1.54) is 42.1 Å². The lowest BCUT2D eigenvalue weighted by atomic mass is 9.94. The predicted molar refractivity (Wildman–Crippen MR) is 132 cm³/mol. The average molecular weight is 419 g/mol. The topological polar surface area (TPSA) is 46.5 Å². The molecule has 0 saturated carbocycles. The average Bonchev–Trinajstić information content (AvgIpc) is 3.42. The minimum Gasteiger partial charge on any atom is -0.342 e. The number of hydrogen-bond acceptors (Lipinski definition) is 2. The molecule has 0 aliphatic rings. The third-order valence-corrected chi connectivity index (χ3v) is 6.43. The molecule has 3 unspecified atom stereocenters. The van der Waals surface area contributed by atoms with Gasteiger partial charge in [0, 0.05) is 23.8 Å².